The lowest BCUT2D eigenvalue weighted by Gasteiger charge is -2.20. The van der Waals surface area contributed by atoms with Gasteiger partial charge in [0.1, 0.15) is 11.3 Å². The maximum Gasteiger partial charge on any atom is 0.341 e. The van der Waals surface area contributed by atoms with Crippen molar-refractivity contribution in [2.45, 2.75) is 0 Å². The third-order valence-electron chi connectivity index (χ3n) is 2.33. The predicted octanol–water partition coefficient (Wildman–Crippen LogP) is 0.813. The summed E-state index contributed by atoms with van der Waals surface area (Å²) in [5.74, 6) is -0.0786. The second kappa shape index (κ2) is 4.32. The number of benzene rings is 1. The Hall–Kier alpha value is -2.24. The number of ether oxygens (including phenoxy) is 3. The molecular weight excluding hydrogens is 226 g/mol. The second-order valence-corrected chi connectivity index (χ2v) is 3.38. The van der Waals surface area contributed by atoms with Crippen molar-refractivity contribution in [3.05, 3.63) is 17.7 Å². The minimum absolute atomic E-state index is 0.122. The first-order chi connectivity index (χ1) is 8.15. The van der Waals surface area contributed by atoms with Gasteiger partial charge < -0.3 is 19.5 Å². The number of hydrogen-bond acceptors (Lipinski definition) is 5. The van der Waals surface area contributed by atoms with Gasteiger partial charge in [-0.1, -0.05) is 0 Å². The fourth-order valence-electron chi connectivity index (χ4n) is 1.55. The van der Waals surface area contributed by atoms with E-state index >= 15 is 0 Å². The zero-order valence-electron chi connectivity index (χ0n) is 9.40. The summed E-state index contributed by atoms with van der Waals surface area (Å²) in [7, 11) is 2.74. The number of anilines is 1. The Bertz CT molecular complexity index is 483. The van der Waals surface area contributed by atoms with E-state index in [1.54, 1.807) is 6.07 Å². The standard InChI is InChI=1S/C11H11NO5/c1-15-6-3-7(11(14)16-2)10-8(4-6)12-9(13)5-17-10/h3-4H,5H2,1-2H3,(H,12,13). The minimum atomic E-state index is -0.545. The smallest absolute Gasteiger partial charge is 0.341 e. The van der Waals surface area contributed by atoms with E-state index in [-0.39, 0.29) is 18.1 Å². The molecule has 6 heteroatoms. The molecule has 2 rings (SSSR count). The third-order valence-corrected chi connectivity index (χ3v) is 2.33. The summed E-state index contributed by atoms with van der Waals surface area (Å²) in [5.41, 5.74) is 0.628. The Kier molecular flexibility index (Phi) is 2.86. The van der Waals surface area contributed by atoms with Crippen molar-refractivity contribution in [3.8, 4) is 11.5 Å². The molecule has 0 fully saturated rings. The van der Waals surface area contributed by atoms with Crippen LogP contribution in [0.5, 0.6) is 11.5 Å². The van der Waals surface area contributed by atoms with E-state index in [1.807, 2.05) is 0 Å². The molecular formula is C11H11NO5. The molecule has 90 valence electrons. The first-order valence-electron chi connectivity index (χ1n) is 4.88. The van der Waals surface area contributed by atoms with Gasteiger partial charge in [0.05, 0.1) is 19.9 Å². The normalized spacial score (nSPS) is 13.2. The van der Waals surface area contributed by atoms with E-state index in [1.165, 1.54) is 20.3 Å². The zero-order chi connectivity index (χ0) is 12.4. The Morgan fingerprint density at radius 2 is 2.18 bits per heavy atom. The number of methoxy groups -OCH3 is 2. The van der Waals surface area contributed by atoms with E-state index in [4.69, 9.17) is 9.47 Å². The maximum atomic E-state index is 11.6. The number of nitrogens with one attached hydrogen (secondary N) is 1. The molecule has 6 nitrogen and oxygen atoms in total. The number of fused-ring (bicyclic) bond motifs is 1. The topological polar surface area (TPSA) is 73.9 Å². The van der Waals surface area contributed by atoms with Crippen LogP contribution in [-0.2, 0) is 9.53 Å². The molecule has 1 N–H and O–H groups in total. The lowest BCUT2D eigenvalue weighted by Crippen LogP contribution is -2.26. The molecule has 1 aromatic carbocycles. The van der Waals surface area contributed by atoms with Crippen LogP contribution in [0, 0.1) is 0 Å². The Morgan fingerprint density at radius 1 is 1.41 bits per heavy atom. The Labute approximate surface area is 97.5 Å². The highest BCUT2D eigenvalue weighted by molar-refractivity contribution is 6.01. The molecule has 1 aromatic rings. The number of esters is 1. The van der Waals surface area contributed by atoms with Crippen molar-refractivity contribution in [1.82, 2.24) is 0 Å². The summed E-state index contributed by atoms with van der Waals surface area (Å²) < 4.78 is 14.9. The molecule has 0 spiro atoms. The van der Waals surface area contributed by atoms with Gasteiger partial charge in [-0.2, -0.15) is 0 Å². The van der Waals surface area contributed by atoms with Gasteiger partial charge in [0, 0.05) is 6.07 Å². The maximum absolute atomic E-state index is 11.6. The van der Waals surface area contributed by atoms with Crippen molar-refractivity contribution >= 4 is 17.6 Å². The van der Waals surface area contributed by atoms with Crippen LogP contribution in [0.2, 0.25) is 0 Å². The van der Waals surface area contributed by atoms with Gasteiger partial charge in [0.2, 0.25) is 0 Å². The fraction of sp³-hybridized carbons (Fsp3) is 0.273. The molecule has 0 aromatic heterocycles. The van der Waals surface area contributed by atoms with Gasteiger partial charge in [-0.15, -0.1) is 0 Å². The number of rotatable bonds is 2. The van der Waals surface area contributed by atoms with E-state index in [2.05, 4.69) is 10.1 Å². The summed E-state index contributed by atoms with van der Waals surface area (Å²) in [5, 5.41) is 2.60. The molecule has 1 aliphatic heterocycles. The van der Waals surface area contributed by atoms with Gasteiger partial charge in [0.25, 0.3) is 5.91 Å². The Balaban J connectivity index is 2.54. The molecule has 0 bridgehead atoms. The molecule has 1 aliphatic rings. The van der Waals surface area contributed by atoms with Crippen LogP contribution in [0.4, 0.5) is 5.69 Å². The number of carbonyl (C=O) groups excluding carboxylic acids is 2. The van der Waals surface area contributed by atoms with Gasteiger partial charge in [-0.3, -0.25) is 4.79 Å². The number of hydrogen-bond donors (Lipinski definition) is 1. The summed E-state index contributed by atoms with van der Waals surface area (Å²) >= 11 is 0. The van der Waals surface area contributed by atoms with Gasteiger partial charge in [-0.25, -0.2) is 4.79 Å². The van der Waals surface area contributed by atoms with Crippen molar-refractivity contribution in [2.24, 2.45) is 0 Å². The molecule has 0 aliphatic carbocycles. The van der Waals surface area contributed by atoms with Crippen LogP contribution in [0.3, 0.4) is 0 Å². The SMILES string of the molecule is COC(=O)c1cc(OC)cc2c1OCC(=O)N2. The summed E-state index contributed by atoms with van der Waals surface area (Å²) in [6.45, 7) is -0.122. The third kappa shape index (κ3) is 2.01. The van der Waals surface area contributed by atoms with E-state index in [9.17, 15) is 9.59 Å². The van der Waals surface area contributed by atoms with Gasteiger partial charge >= 0.3 is 5.97 Å². The Morgan fingerprint density at radius 3 is 2.82 bits per heavy atom. The number of amides is 1. The van der Waals surface area contributed by atoms with Crippen molar-refractivity contribution in [2.75, 3.05) is 26.1 Å². The first kappa shape index (κ1) is 11.3. The van der Waals surface area contributed by atoms with Crippen LogP contribution in [-0.4, -0.2) is 32.7 Å². The largest absolute Gasteiger partial charge is 0.497 e. The molecule has 0 atom stereocenters. The first-order valence-corrected chi connectivity index (χ1v) is 4.88. The molecule has 17 heavy (non-hydrogen) atoms. The molecule has 1 heterocycles. The van der Waals surface area contributed by atoms with Crippen molar-refractivity contribution in [3.63, 3.8) is 0 Å². The van der Waals surface area contributed by atoms with Crippen LogP contribution < -0.4 is 14.8 Å². The molecule has 0 saturated carbocycles. The highest BCUT2D eigenvalue weighted by Gasteiger charge is 2.24. The van der Waals surface area contributed by atoms with Crippen LogP contribution in [0.15, 0.2) is 12.1 Å². The fourth-order valence-corrected chi connectivity index (χ4v) is 1.55. The van der Waals surface area contributed by atoms with E-state index < -0.39 is 5.97 Å². The van der Waals surface area contributed by atoms with Crippen LogP contribution in [0.25, 0.3) is 0 Å². The molecule has 0 saturated heterocycles. The quantitative estimate of drug-likeness (QED) is 0.770. The van der Waals surface area contributed by atoms with Crippen LogP contribution in [0.1, 0.15) is 10.4 Å². The average molecular weight is 237 g/mol. The summed E-state index contributed by atoms with van der Waals surface area (Å²) in [6.07, 6.45) is 0. The van der Waals surface area contributed by atoms with Gasteiger partial charge in [0.15, 0.2) is 12.4 Å². The van der Waals surface area contributed by atoms with Gasteiger partial charge in [-0.05, 0) is 6.07 Å². The minimum Gasteiger partial charge on any atom is -0.497 e. The predicted molar refractivity (Wildman–Crippen MR) is 58.5 cm³/mol. The van der Waals surface area contributed by atoms with Crippen molar-refractivity contribution < 1.29 is 23.8 Å². The molecule has 0 unspecified atom stereocenters. The van der Waals surface area contributed by atoms with Crippen molar-refractivity contribution in [1.29, 1.82) is 0 Å². The molecule has 1 amide bonds. The second-order valence-electron chi connectivity index (χ2n) is 3.38. The average Bonchev–Trinajstić information content (AvgIpc) is 2.35. The molecule has 0 radical (unpaired) electrons. The van der Waals surface area contributed by atoms with E-state index in [0.29, 0.717) is 17.2 Å². The monoisotopic (exact) mass is 237 g/mol. The zero-order valence-corrected chi connectivity index (χ0v) is 9.40. The van der Waals surface area contributed by atoms with Crippen LogP contribution >= 0.6 is 0 Å². The van der Waals surface area contributed by atoms with E-state index in [0.717, 1.165) is 0 Å². The highest BCUT2D eigenvalue weighted by Crippen LogP contribution is 2.36. The lowest BCUT2D eigenvalue weighted by molar-refractivity contribution is -0.118. The lowest BCUT2D eigenvalue weighted by atomic mass is 10.1. The summed E-state index contributed by atoms with van der Waals surface area (Å²) in [6, 6.07) is 3.08. The summed E-state index contributed by atoms with van der Waals surface area (Å²) in [4.78, 5) is 22.7. The number of carbonyl (C=O) groups is 2. The highest BCUT2D eigenvalue weighted by atomic mass is 16.5.